The smallest absolute Gasteiger partial charge is 0.320 e. The van der Waals surface area contributed by atoms with Crippen LogP contribution in [0.5, 0.6) is 17.5 Å². The Labute approximate surface area is 242 Å². The third kappa shape index (κ3) is 7.51. The van der Waals surface area contributed by atoms with Crippen LogP contribution < -0.4 is 4.74 Å². The molecule has 41 heavy (non-hydrogen) atoms. The summed E-state index contributed by atoms with van der Waals surface area (Å²) in [5.41, 5.74) is 1.24. The van der Waals surface area contributed by atoms with Gasteiger partial charge in [0.1, 0.15) is 11.5 Å². The Hall–Kier alpha value is -4.19. The van der Waals surface area contributed by atoms with Gasteiger partial charge in [-0.2, -0.15) is 9.97 Å². The van der Waals surface area contributed by atoms with Crippen LogP contribution in [0, 0.1) is 0 Å². The predicted molar refractivity (Wildman–Crippen MR) is 166 cm³/mol. The summed E-state index contributed by atoms with van der Waals surface area (Å²) in [5, 5.41) is 24.9. The molecule has 4 aromatic carbocycles. The molecule has 1 heterocycles. The Morgan fingerprint density at radius 1 is 0.585 bits per heavy atom. The second-order valence-corrected chi connectivity index (χ2v) is 10.8. The summed E-state index contributed by atoms with van der Waals surface area (Å²) in [6.07, 6.45) is 12.5. The monoisotopic (exact) mass is 549 g/mol. The first-order valence-corrected chi connectivity index (χ1v) is 14.9. The first-order valence-electron chi connectivity index (χ1n) is 14.9. The number of phenols is 2. The summed E-state index contributed by atoms with van der Waals surface area (Å²) in [6, 6.07) is 23.4. The fourth-order valence-electron chi connectivity index (χ4n) is 5.21. The molecule has 5 rings (SSSR count). The van der Waals surface area contributed by atoms with Gasteiger partial charge in [-0.1, -0.05) is 101 Å². The van der Waals surface area contributed by atoms with E-state index in [1.165, 1.54) is 74.3 Å². The van der Waals surface area contributed by atoms with Gasteiger partial charge in [-0.15, -0.1) is 0 Å². The lowest BCUT2D eigenvalue weighted by Crippen LogP contribution is -2.05. The average Bonchev–Trinajstić information content (AvgIpc) is 2.98. The van der Waals surface area contributed by atoms with Gasteiger partial charge in [-0.05, 0) is 58.3 Å². The number of benzene rings is 4. The lowest BCUT2D eigenvalue weighted by molar-refractivity contribution is 0.281. The molecule has 0 fully saturated rings. The molecule has 2 N–H and O–H groups in total. The van der Waals surface area contributed by atoms with Crippen molar-refractivity contribution in [2.24, 2.45) is 0 Å². The Morgan fingerprint density at radius 3 is 1.93 bits per heavy atom. The van der Waals surface area contributed by atoms with E-state index < -0.39 is 0 Å². The Balaban J connectivity index is 1.32. The maximum Gasteiger partial charge on any atom is 0.320 e. The minimum absolute atomic E-state index is 0.0280. The number of ether oxygens (including phenoxy) is 1. The minimum Gasteiger partial charge on any atom is -0.508 e. The van der Waals surface area contributed by atoms with Crippen LogP contribution in [0.4, 0.5) is 0 Å². The molecule has 0 radical (unpaired) electrons. The lowest BCUT2D eigenvalue weighted by Gasteiger charge is -2.11. The zero-order chi connectivity index (χ0) is 28.4. The van der Waals surface area contributed by atoms with Crippen LogP contribution in [0.25, 0.3) is 44.3 Å². The summed E-state index contributed by atoms with van der Waals surface area (Å²) in [4.78, 5) is 13.9. The fourth-order valence-corrected chi connectivity index (χ4v) is 5.21. The van der Waals surface area contributed by atoms with E-state index in [0.717, 1.165) is 29.2 Å². The molecule has 0 saturated carbocycles. The summed E-state index contributed by atoms with van der Waals surface area (Å²) >= 11 is 0. The average molecular weight is 550 g/mol. The van der Waals surface area contributed by atoms with Crippen molar-refractivity contribution in [1.82, 2.24) is 15.0 Å². The molecule has 5 aromatic rings. The zero-order valence-corrected chi connectivity index (χ0v) is 23.9. The van der Waals surface area contributed by atoms with Crippen LogP contribution >= 0.6 is 0 Å². The van der Waals surface area contributed by atoms with E-state index in [1.807, 2.05) is 18.2 Å². The largest absolute Gasteiger partial charge is 0.508 e. The van der Waals surface area contributed by atoms with Gasteiger partial charge in [0.05, 0.1) is 12.2 Å². The van der Waals surface area contributed by atoms with Crippen molar-refractivity contribution in [2.75, 3.05) is 6.61 Å². The maximum atomic E-state index is 10.5. The van der Waals surface area contributed by atoms with Crippen molar-refractivity contribution in [2.45, 2.75) is 71.1 Å². The van der Waals surface area contributed by atoms with Crippen molar-refractivity contribution in [3.63, 3.8) is 0 Å². The van der Waals surface area contributed by atoms with Crippen molar-refractivity contribution in [1.29, 1.82) is 0 Å². The molecule has 0 aliphatic rings. The number of rotatable bonds is 14. The molecule has 0 bridgehead atoms. The number of phenolic OH excluding ortho intramolecular Hbond substituents is 2. The Morgan fingerprint density at radius 2 is 1.22 bits per heavy atom. The maximum absolute atomic E-state index is 10.5. The molecule has 1 aromatic heterocycles. The normalized spacial score (nSPS) is 11.3. The molecule has 0 amide bonds. The molecule has 6 heteroatoms. The molecule has 0 aliphatic carbocycles. The van der Waals surface area contributed by atoms with Gasteiger partial charge in [0.25, 0.3) is 0 Å². The van der Waals surface area contributed by atoms with E-state index in [1.54, 1.807) is 6.07 Å². The highest BCUT2D eigenvalue weighted by Gasteiger charge is 2.15. The molecule has 212 valence electrons. The first-order chi connectivity index (χ1) is 20.1. The third-order valence-electron chi connectivity index (χ3n) is 7.53. The van der Waals surface area contributed by atoms with Crippen LogP contribution in [0.1, 0.15) is 71.1 Å². The molecular formula is C35H39N3O3. The molecule has 0 atom stereocenters. The van der Waals surface area contributed by atoms with Crippen LogP contribution in [0.15, 0.2) is 72.8 Å². The number of aromatic nitrogens is 3. The topological polar surface area (TPSA) is 88.4 Å². The van der Waals surface area contributed by atoms with Gasteiger partial charge in [0.2, 0.25) is 0 Å². The predicted octanol–water partition coefficient (Wildman–Crippen LogP) is 9.22. The van der Waals surface area contributed by atoms with Crippen LogP contribution in [0.3, 0.4) is 0 Å². The number of fused-ring (bicyclic) bond motifs is 2. The highest BCUT2D eigenvalue weighted by Crippen LogP contribution is 2.33. The number of aromatic hydroxyl groups is 2. The van der Waals surface area contributed by atoms with Gasteiger partial charge in [-0.25, -0.2) is 4.98 Å². The van der Waals surface area contributed by atoms with Crippen LogP contribution in [0.2, 0.25) is 0 Å². The van der Waals surface area contributed by atoms with Crippen molar-refractivity contribution < 1.29 is 14.9 Å². The van der Waals surface area contributed by atoms with Crippen molar-refractivity contribution in [3.05, 3.63) is 72.8 Å². The van der Waals surface area contributed by atoms with E-state index in [4.69, 9.17) is 9.72 Å². The van der Waals surface area contributed by atoms with Gasteiger partial charge in [-0.3, -0.25) is 0 Å². The quantitative estimate of drug-likeness (QED) is 0.106. The summed E-state index contributed by atoms with van der Waals surface area (Å²) < 4.78 is 6.02. The SMILES string of the molecule is CCCCCCCCCCCCOc1nc(-c2ccc3cc4ccccc4cc3c2)nc(-c2ccc(O)cc2O)n1. The second-order valence-electron chi connectivity index (χ2n) is 10.8. The summed E-state index contributed by atoms with van der Waals surface area (Å²) in [6.45, 7) is 2.77. The molecular weight excluding hydrogens is 510 g/mol. The number of hydrogen-bond acceptors (Lipinski definition) is 6. The first kappa shape index (κ1) is 28.3. The lowest BCUT2D eigenvalue weighted by atomic mass is 10.0. The Bertz CT molecular complexity index is 1600. The van der Waals surface area contributed by atoms with Gasteiger partial charge >= 0.3 is 6.01 Å². The number of nitrogens with zero attached hydrogens (tertiary/aromatic N) is 3. The molecule has 0 spiro atoms. The number of unbranched alkanes of at least 4 members (excludes halogenated alkanes) is 9. The zero-order valence-electron chi connectivity index (χ0n) is 23.9. The second kappa shape index (κ2) is 13.9. The van der Waals surface area contributed by atoms with Crippen molar-refractivity contribution >= 4 is 21.5 Å². The van der Waals surface area contributed by atoms with Gasteiger partial charge in [0, 0.05) is 11.6 Å². The van der Waals surface area contributed by atoms with E-state index in [0.29, 0.717) is 23.8 Å². The molecule has 0 unspecified atom stereocenters. The van der Waals surface area contributed by atoms with Crippen molar-refractivity contribution in [3.8, 4) is 40.3 Å². The third-order valence-corrected chi connectivity index (χ3v) is 7.53. The molecule has 0 saturated heterocycles. The molecule has 0 aliphatic heterocycles. The van der Waals surface area contributed by atoms with E-state index in [2.05, 4.69) is 53.3 Å². The summed E-state index contributed by atoms with van der Waals surface area (Å²) in [7, 11) is 0. The Kier molecular flexibility index (Phi) is 9.63. The van der Waals surface area contributed by atoms with E-state index >= 15 is 0 Å². The van der Waals surface area contributed by atoms with E-state index in [9.17, 15) is 10.2 Å². The van der Waals surface area contributed by atoms with Gasteiger partial charge in [0.15, 0.2) is 11.6 Å². The molecule has 6 nitrogen and oxygen atoms in total. The van der Waals surface area contributed by atoms with E-state index in [-0.39, 0.29) is 17.5 Å². The fraction of sp³-hybridized carbons (Fsp3) is 0.343. The minimum atomic E-state index is -0.104. The number of hydrogen-bond donors (Lipinski definition) is 2. The van der Waals surface area contributed by atoms with Crippen LogP contribution in [-0.2, 0) is 0 Å². The van der Waals surface area contributed by atoms with Crippen LogP contribution in [-0.4, -0.2) is 31.8 Å². The highest BCUT2D eigenvalue weighted by atomic mass is 16.5. The highest BCUT2D eigenvalue weighted by molar-refractivity contribution is 5.99. The summed E-state index contributed by atoms with van der Waals surface area (Å²) in [5.74, 6) is 0.632. The van der Waals surface area contributed by atoms with Gasteiger partial charge < -0.3 is 14.9 Å². The standard InChI is InChI=1S/C35H39N3O3/c1-2-3-4-5-6-7-8-9-10-13-20-41-35-37-33(36-34(38-35)31-19-18-30(39)24-32(31)40)28-17-16-27-21-25-14-11-12-15-26(25)22-29(27)23-28/h11-12,14-19,21-24,39-40H,2-10,13,20H2,1H3.